The number of alkyl halides is 5. The van der Waals surface area contributed by atoms with Crippen molar-refractivity contribution in [2.75, 3.05) is 43.6 Å². The topological polar surface area (TPSA) is 79.4 Å². The van der Waals surface area contributed by atoms with Gasteiger partial charge in [-0.2, -0.15) is 22.0 Å². The molecule has 0 unspecified atom stereocenters. The van der Waals surface area contributed by atoms with Crippen LogP contribution in [0.15, 0.2) is 65.6 Å². The smallest absolute Gasteiger partial charge is 0.416 e. The van der Waals surface area contributed by atoms with Crippen molar-refractivity contribution in [3.63, 3.8) is 0 Å². The first-order chi connectivity index (χ1) is 22.2. The molecule has 2 saturated heterocycles. The van der Waals surface area contributed by atoms with Gasteiger partial charge in [0.25, 0.3) is 10.0 Å². The maximum absolute atomic E-state index is 14.3. The molecule has 1 atom stereocenters. The molecular formula is C32H29F6N3O5S. The summed E-state index contributed by atoms with van der Waals surface area (Å²) >= 11 is 0. The lowest BCUT2D eigenvalue weighted by molar-refractivity contribution is -0.161. The molecule has 1 spiro atoms. The van der Waals surface area contributed by atoms with E-state index < -0.39 is 50.9 Å². The first kappa shape index (κ1) is 31.6. The van der Waals surface area contributed by atoms with Crippen LogP contribution in [0.2, 0.25) is 0 Å². The number of carbonyl (C=O) groups excluding carboxylic acids is 1. The molecule has 3 fully saturated rings. The Morgan fingerprint density at radius 2 is 1.72 bits per heavy atom. The summed E-state index contributed by atoms with van der Waals surface area (Å²) in [6.07, 6.45) is -3.61. The Balaban J connectivity index is 1.17. The zero-order chi connectivity index (χ0) is 33.3. The molecule has 1 amide bonds. The van der Waals surface area contributed by atoms with E-state index in [4.69, 9.17) is 4.74 Å². The van der Waals surface area contributed by atoms with Crippen molar-refractivity contribution in [2.24, 2.45) is 11.3 Å². The lowest BCUT2D eigenvalue weighted by atomic mass is 9.72. The Kier molecular flexibility index (Phi) is 7.62. The van der Waals surface area contributed by atoms with Crippen LogP contribution >= 0.6 is 0 Å². The minimum Gasteiger partial charge on any atom is -0.485 e. The van der Waals surface area contributed by atoms with Crippen LogP contribution in [0.25, 0.3) is 11.1 Å². The Bertz CT molecular complexity index is 1820. The zero-order valence-corrected chi connectivity index (χ0v) is 25.5. The zero-order valence-electron chi connectivity index (χ0n) is 24.7. The number of ether oxygens (including phenoxy) is 2. The van der Waals surface area contributed by atoms with Gasteiger partial charge in [-0.15, -0.1) is 0 Å². The van der Waals surface area contributed by atoms with Gasteiger partial charge in [-0.3, -0.25) is 14.0 Å². The molecule has 7 rings (SSSR count). The number of amides is 1. The van der Waals surface area contributed by atoms with Gasteiger partial charge in [-0.25, -0.2) is 12.8 Å². The van der Waals surface area contributed by atoms with Gasteiger partial charge in [0.1, 0.15) is 23.4 Å². The van der Waals surface area contributed by atoms with E-state index in [1.165, 1.54) is 18.2 Å². The van der Waals surface area contributed by atoms with E-state index in [0.717, 1.165) is 53.5 Å². The van der Waals surface area contributed by atoms with Gasteiger partial charge < -0.3 is 14.4 Å². The van der Waals surface area contributed by atoms with Crippen LogP contribution in [-0.4, -0.2) is 76.1 Å². The summed E-state index contributed by atoms with van der Waals surface area (Å²) in [6.45, 7) is -0.389. The Morgan fingerprint density at radius 1 is 0.979 bits per heavy atom. The minimum absolute atomic E-state index is 0.00628. The number of fused-ring (bicyclic) bond motifs is 1. The standard InChI is InChI=1S/C32H29F6N3O5S/c33-23-8-21(9-24(12-23)46-30(34)35)20-6-7-28-27(10-20)41(47(43,44)26-3-1-2-22(11-26)32(36,37)38)14-25(45-28)13-39-15-31(16-39)17-40(18-31)29(42)19-4-5-19/h1-3,6-12,19,25,30H,4-5,13-18H2/t25-/m0/s1. The number of hydrogen-bond acceptors (Lipinski definition) is 6. The molecular weight excluding hydrogens is 652 g/mol. The van der Waals surface area contributed by atoms with Gasteiger partial charge in [0, 0.05) is 50.1 Å². The normalized spacial score (nSPS) is 20.8. The minimum atomic E-state index is -4.78. The second-order valence-electron chi connectivity index (χ2n) is 12.7. The number of benzene rings is 3. The van der Waals surface area contributed by atoms with Crippen LogP contribution in [-0.2, 0) is 21.0 Å². The highest BCUT2D eigenvalue weighted by atomic mass is 32.2. The molecule has 1 aliphatic carbocycles. The molecule has 0 bridgehead atoms. The number of rotatable bonds is 8. The molecule has 47 heavy (non-hydrogen) atoms. The van der Waals surface area contributed by atoms with E-state index in [0.29, 0.717) is 38.8 Å². The van der Waals surface area contributed by atoms with E-state index in [2.05, 4.69) is 9.64 Å². The molecule has 3 heterocycles. The Morgan fingerprint density at radius 3 is 2.40 bits per heavy atom. The summed E-state index contributed by atoms with van der Waals surface area (Å²) in [5.74, 6) is -0.845. The fourth-order valence-corrected chi connectivity index (χ4v) is 8.25. The predicted molar refractivity (Wildman–Crippen MR) is 157 cm³/mol. The number of halogens is 6. The first-order valence-corrected chi connectivity index (χ1v) is 16.4. The van der Waals surface area contributed by atoms with E-state index in [1.54, 1.807) is 0 Å². The van der Waals surface area contributed by atoms with Gasteiger partial charge in [0.05, 0.1) is 22.7 Å². The molecule has 3 aromatic rings. The second kappa shape index (κ2) is 11.3. The van der Waals surface area contributed by atoms with Gasteiger partial charge in [-0.05, 0) is 66.4 Å². The van der Waals surface area contributed by atoms with Gasteiger partial charge >= 0.3 is 12.8 Å². The highest BCUT2D eigenvalue weighted by Gasteiger charge is 2.55. The molecule has 1 saturated carbocycles. The van der Waals surface area contributed by atoms with Crippen LogP contribution in [0.4, 0.5) is 32.0 Å². The van der Waals surface area contributed by atoms with Crippen LogP contribution in [0, 0.1) is 17.2 Å². The number of anilines is 1. The summed E-state index contributed by atoms with van der Waals surface area (Å²) in [5, 5.41) is 0. The largest absolute Gasteiger partial charge is 0.485 e. The highest BCUT2D eigenvalue weighted by Crippen LogP contribution is 2.45. The quantitative estimate of drug-likeness (QED) is 0.287. The fourth-order valence-electron chi connectivity index (χ4n) is 6.70. The van der Waals surface area contributed by atoms with Crippen molar-refractivity contribution >= 4 is 21.6 Å². The predicted octanol–water partition coefficient (Wildman–Crippen LogP) is 5.62. The average Bonchev–Trinajstić information content (AvgIpc) is 3.81. The van der Waals surface area contributed by atoms with Crippen molar-refractivity contribution in [1.29, 1.82) is 0 Å². The molecule has 0 N–H and O–H groups in total. The number of carbonyl (C=O) groups is 1. The lowest BCUT2D eigenvalue weighted by Crippen LogP contribution is -2.73. The van der Waals surface area contributed by atoms with Crippen molar-refractivity contribution in [2.45, 2.75) is 36.6 Å². The summed E-state index contributed by atoms with van der Waals surface area (Å²) in [6, 6.07) is 10.7. The number of sulfonamides is 1. The van der Waals surface area contributed by atoms with Crippen LogP contribution in [0.1, 0.15) is 18.4 Å². The van der Waals surface area contributed by atoms with Gasteiger partial charge in [-0.1, -0.05) is 12.1 Å². The molecule has 3 aromatic carbocycles. The third kappa shape index (κ3) is 6.22. The molecule has 8 nitrogen and oxygen atoms in total. The fraction of sp³-hybridized carbons (Fsp3) is 0.406. The molecule has 0 radical (unpaired) electrons. The molecule has 0 aromatic heterocycles. The summed E-state index contributed by atoms with van der Waals surface area (Å²) in [4.78, 5) is 15.7. The second-order valence-corrected chi connectivity index (χ2v) is 14.5. The highest BCUT2D eigenvalue weighted by molar-refractivity contribution is 7.92. The van der Waals surface area contributed by atoms with E-state index in [-0.39, 0.29) is 46.3 Å². The maximum Gasteiger partial charge on any atom is 0.416 e. The maximum atomic E-state index is 14.3. The SMILES string of the molecule is O=C(C1CC1)N1CC2(CN(C[C@H]3CN(S(=O)(=O)c4cccc(C(F)(F)F)c4)c4cc(-c5cc(F)cc(OC(F)F)c5)ccc4O3)C2)C1. The number of nitrogens with zero attached hydrogens (tertiary/aromatic N) is 3. The van der Waals surface area contributed by atoms with Crippen molar-refractivity contribution in [3.05, 3.63) is 72.0 Å². The lowest BCUT2D eigenvalue weighted by Gasteiger charge is -2.61. The van der Waals surface area contributed by atoms with Crippen LogP contribution in [0.5, 0.6) is 11.5 Å². The van der Waals surface area contributed by atoms with Gasteiger partial charge in [0.2, 0.25) is 5.91 Å². The molecule has 15 heteroatoms. The van der Waals surface area contributed by atoms with E-state index in [9.17, 15) is 39.6 Å². The monoisotopic (exact) mass is 681 g/mol. The van der Waals surface area contributed by atoms with Crippen LogP contribution in [0.3, 0.4) is 0 Å². The third-order valence-corrected chi connectivity index (χ3v) is 10.7. The van der Waals surface area contributed by atoms with Crippen molar-refractivity contribution in [1.82, 2.24) is 9.80 Å². The Hall–Kier alpha value is -3.98. The van der Waals surface area contributed by atoms with Gasteiger partial charge in [0.15, 0.2) is 0 Å². The number of likely N-dealkylation sites (tertiary alicyclic amines) is 2. The third-order valence-electron chi connectivity index (χ3n) is 8.94. The van der Waals surface area contributed by atoms with Crippen molar-refractivity contribution in [3.8, 4) is 22.6 Å². The summed E-state index contributed by atoms with van der Waals surface area (Å²) in [7, 11) is -4.59. The molecule has 250 valence electrons. The average molecular weight is 682 g/mol. The van der Waals surface area contributed by atoms with E-state index >= 15 is 0 Å². The molecule has 3 aliphatic heterocycles. The van der Waals surface area contributed by atoms with E-state index in [1.807, 2.05) is 4.90 Å². The molecule has 4 aliphatic rings. The summed E-state index contributed by atoms with van der Waals surface area (Å²) in [5.41, 5.74) is -0.821. The first-order valence-electron chi connectivity index (χ1n) is 15.0. The summed E-state index contributed by atoms with van der Waals surface area (Å²) < 4.78 is 120. The van der Waals surface area contributed by atoms with Crippen molar-refractivity contribution < 1.29 is 49.0 Å². The van der Waals surface area contributed by atoms with Crippen LogP contribution < -0.4 is 13.8 Å². The number of hydrogen-bond donors (Lipinski definition) is 0. The Labute approximate surface area is 266 Å².